The van der Waals surface area contributed by atoms with Crippen LogP contribution in [0.3, 0.4) is 0 Å². The molecule has 1 aromatic heterocycles. The molecular weight excluding hydrogens is 310 g/mol. The van der Waals surface area contributed by atoms with E-state index in [1.165, 1.54) is 19.2 Å². The van der Waals surface area contributed by atoms with Crippen LogP contribution in [0.5, 0.6) is 0 Å². The van der Waals surface area contributed by atoms with Crippen molar-refractivity contribution >= 4 is 11.5 Å². The van der Waals surface area contributed by atoms with E-state index in [0.717, 1.165) is 28.8 Å². The van der Waals surface area contributed by atoms with Gasteiger partial charge < -0.3 is 4.57 Å². The average molecular weight is 322 g/mol. The summed E-state index contributed by atoms with van der Waals surface area (Å²) in [7, 11) is 0. The summed E-state index contributed by atoms with van der Waals surface area (Å²) in [5.74, 6) is -3.46. The number of pyridine rings is 1. The van der Waals surface area contributed by atoms with Gasteiger partial charge in [0.25, 0.3) is 0 Å². The molecule has 0 aliphatic carbocycles. The summed E-state index contributed by atoms with van der Waals surface area (Å²) < 4.78 is 27.1. The minimum Gasteiger partial charge on any atom is -0.309 e. The zero-order valence-corrected chi connectivity index (χ0v) is 12.0. The Kier molecular flexibility index (Phi) is 4.63. The second kappa shape index (κ2) is 6.47. The summed E-state index contributed by atoms with van der Waals surface area (Å²) in [6.45, 7) is 1.38. The molecule has 0 fully saturated rings. The summed E-state index contributed by atoms with van der Waals surface area (Å²) in [4.78, 5) is 34.0. The summed E-state index contributed by atoms with van der Waals surface area (Å²) in [6, 6.07) is 5.17. The van der Waals surface area contributed by atoms with Gasteiger partial charge in [0.15, 0.2) is 17.4 Å². The van der Waals surface area contributed by atoms with Crippen LogP contribution in [0.2, 0.25) is 0 Å². The van der Waals surface area contributed by atoms with E-state index in [1.807, 2.05) is 0 Å². The van der Waals surface area contributed by atoms with Crippen molar-refractivity contribution in [3.05, 3.63) is 74.2 Å². The number of hydrogen-bond acceptors (Lipinski definition) is 4. The van der Waals surface area contributed by atoms with Crippen molar-refractivity contribution < 1.29 is 18.5 Å². The van der Waals surface area contributed by atoms with Gasteiger partial charge in [0.1, 0.15) is 0 Å². The molecule has 1 unspecified atom stereocenters. The molecular formula is C15H12F2N2O4. The number of nitrogens with zero attached hydrogens (tertiary/aromatic N) is 2. The van der Waals surface area contributed by atoms with E-state index in [4.69, 9.17) is 0 Å². The van der Waals surface area contributed by atoms with Gasteiger partial charge in [-0.25, -0.2) is 8.78 Å². The largest absolute Gasteiger partial charge is 0.334 e. The Labute approximate surface area is 129 Å². The van der Waals surface area contributed by atoms with Gasteiger partial charge in [-0.05, 0) is 24.3 Å². The highest BCUT2D eigenvalue weighted by atomic mass is 19.2. The van der Waals surface area contributed by atoms with Crippen molar-refractivity contribution in [3.8, 4) is 0 Å². The van der Waals surface area contributed by atoms with Crippen molar-refractivity contribution in [2.45, 2.75) is 13.5 Å². The van der Waals surface area contributed by atoms with Crippen LogP contribution >= 0.6 is 0 Å². The first-order chi connectivity index (χ1) is 10.8. The van der Waals surface area contributed by atoms with Gasteiger partial charge in [-0.1, -0.05) is 6.92 Å². The molecule has 120 valence electrons. The highest BCUT2D eigenvalue weighted by molar-refractivity contribution is 5.97. The first-order valence-corrected chi connectivity index (χ1v) is 6.64. The smallest absolute Gasteiger partial charge is 0.309 e. The van der Waals surface area contributed by atoms with Crippen molar-refractivity contribution in [1.29, 1.82) is 0 Å². The second-order valence-electron chi connectivity index (χ2n) is 5.00. The molecule has 6 nitrogen and oxygen atoms in total. The second-order valence-corrected chi connectivity index (χ2v) is 5.00. The van der Waals surface area contributed by atoms with Gasteiger partial charge in [0, 0.05) is 30.3 Å². The lowest BCUT2D eigenvalue weighted by atomic mass is 9.99. The predicted octanol–water partition coefficient (Wildman–Crippen LogP) is 2.55. The van der Waals surface area contributed by atoms with Gasteiger partial charge in [0.2, 0.25) is 0 Å². The Morgan fingerprint density at radius 2 is 2.00 bits per heavy atom. The molecule has 2 rings (SSSR count). The monoisotopic (exact) mass is 322 g/mol. The number of hydrogen-bond donors (Lipinski definition) is 0. The lowest BCUT2D eigenvalue weighted by molar-refractivity contribution is -0.386. The summed E-state index contributed by atoms with van der Waals surface area (Å²) in [6.07, 6.45) is 1.32. The van der Waals surface area contributed by atoms with Crippen LogP contribution in [0.15, 0.2) is 41.3 Å². The number of carbonyl (C=O) groups excluding carboxylic acids is 1. The van der Waals surface area contributed by atoms with Gasteiger partial charge in [-0.3, -0.25) is 19.7 Å². The molecule has 1 heterocycles. The van der Waals surface area contributed by atoms with Crippen molar-refractivity contribution in [2.24, 2.45) is 5.92 Å². The zero-order valence-electron chi connectivity index (χ0n) is 12.0. The molecule has 0 aliphatic rings. The first kappa shape index (κ1) is 16.5. The third-order valence-electron chi connectivity index (χ3n) is 3.32. The van der Waals surface area contributed by atoms with Crippen molar-refractivity contribution in [3.63, 3.8) is 0 Å². The fourth-order valence-electron chi connectivity index (χ4n) is 2.12. The van der Waals surface area contributed by atoms with E-state index in [0.29, 0.717) is 0 Å². The van der Waals surface area contributed by atoms with E-state index < -0.39 is 39.5 Å². The van der Waals surface area contributed by atoms with E-state index in [1.54, 1.807) is 0 Å². The number of nitro groups is 1. The van der Waals surface area contributed by atoms with Gasteiger partial charge in [-0.15, -0.1) is 0 Å². The fraction of sp³-hybridized carbons (Fsp3) is 0.200. The fourth-order valence-corrected chi connectivity index (χ4v) is 2.12. The third-order valence-corrected chi connectivity index (χ3v) is 3.32. The highest BCUT2D eigenvalue weighted by Crippen LogP contribution is 2.14. The third kappa shape index (κ3) is 3.47. The molecule has 1 aromatic carbocycles. The molecule has 2 aromatic rings. The molecule has 0 aliphatic heterocycles. The molecule has 0 saturated heterocycles. The van der Waals surface area contributed by atoms with E-state index in [2.05, 4.69) is 0 Å². The molecule has 0 bridgehead atoms. The van der Waals surface area contributed by atoms with Crippen LogP contribution < -0.4 is 5.56 Å². The van der Waals surface area contributed by atoms with Gasteiger partial charge in [-0.2, -0.15) is 0 Å². The van der Waals surface area contributed by atoms with Gasteiger partial charge in [0.05, 0.1) is 4.92 Å². The van der Waals surface area contributed by atoms with Crippen LogP contribution in [0.25, 0.3) is 0 Å². The van der Waals surface area contributed by atoms with Crippen LogP contribution in [-0.2, 0) is 6.54 Å². The van der Waals surface area contributed by atoms with Crippen molar-refractivity contribution in [2.75, 3.05) is 0 Å². The van der Waals surface area contributed by atoms with Crippen LogP contribution in [0.4, 0.5) is 14.5 Å². The predicted molar refractivity (Wildman–Crippen MR) is 77.2 cm³/mol. The number of halogens is 2. The van der Waals surface area contributed by atoms with Gasteiger partial charge >= 0.3 is 11.2 Å². The van der Waals surface area contributed by atoms with Crippen molar-refractivity contribution in [1.82, 2.24) is 4.57 Å². The first-order valence-electron chi connectivity index (χ1n) is 6.64. The average Bonchev–Trinajstić information content (AvgIpc) is 2.51. The molecule has 0 saturated carbocycles. The minimum absolute atomic E-state index is 0.0325. The molecule has 0 spiro atoms. The Morgan fingerprint density at radius 3 is 2.61 bits per heavy atom. The number of carbonyl (C=O) groups is 1. The maximum Gasteiger partial charge on any atom is 0.334 e. The van der Waals surface area contributed by atoms with Crippen LogP contribution in [0.1, 0.15) is 17.3 Å². The number of aromatic nitrogens is 1. The van der Waals surface area contributed by atoms with Crippen LogP contribution in [0, 0.1) is 27.7 Å². The topological polar surface area (TPSA) is 82.2 Å². The lowest BCUT2D eigenvalue weighted by Crippen LogP contribution is -2.27. The maximum absolute atomic E-state index is 13.2. The number of benzene rings is 1. The molecule has 23 heavy (non-hydrogen) atoms. The number of ketones is 1. The molecule has 0 amide bonds. The Balaban J connectivity index is 2.25. The Morgan fingerprint density at radius 1 is 1.30 bits per heavy atom. The molecule has 8 heteroatoms. The van der Waals surface area contributed by atoms with E-state index in [9.17, 15) is 28.5 Å². The quantitative estimate of drug-likeness (QED) is 0.481. The zero-order chi connectivity index (χ0) is 17.1. The highest BCUT2D eigenvalue weighted by Gasteiger charge is 2.20. The normalized spacial score (nSPS) is 12.0. The maximum atomic E-state index is 13.2. The van der Waals surface area contributed by atoms with E-state index in [-0.39, 0.29) is 12.1 Å². The SMILES string of the molecule is CC(Cn1cccc([N+](=O)[O-])c1=O)C(=O)c1ccc(F)c(F)c1. The number of Topliss-reactive ketones (excluding diaryl/α,β-unsaturated/α-hetero) is 1. The number of rotatable bonds is 5. The molecule has 0 N–H and O–H groups in total. The molecule has 0 radical (unpaired) electrons. The van der Waals surface area contributed by atoms with Crippen LogP contribution in [-0.4, -0.2) is 15.3 Å². The molecule has 1 atom stereocenters. The summed E-state index contributed by atoms with van der Waals surface area (Å²) in [5.41, 5.74) is -1.46. The summed E-state index contributed by atoms with van der Waals surface area (Å²) >= 11 is 0. The minimum atomic E-state index is -1.14. The summed E-state index contributed by atoms with van der Waals surface area (Å²) in [5, 5.41) is 10.7. The lowest BCUT2D eigenvalue weighted by Gasteiger charge is -2.12. The van der Waals surface area contributed by atoms with E-state index >= 15 is 0 Å². The Bertz CT molecular complexity index is 832. The Hall–Kier alpha value is -2.90. The standard InChI is InChI=1S/C15H12F2N2O4/c1-9(14(20)10-4-5-11(16)12(17)7-10)8-18-6-2-3-13(15(18)21)19(22)23/h2-7,9H,8H2,1H3.